The lowest BCUT2D eigenvalue weighted by atomic mass is 10.0. The Bertz CT molecular complexity index is 1160. The van der Waals surface area contributed by atoms with Crippen molar-refractivity contribution in [2.45, 2.75) is 45.7 Å². The topological polar surface area (TPSA) is 67.9 Å². The van der Waals surface area contributed by atoms with E-state index >= 15 is 0 Å². The first-order chi connectivity index (χ1) is 17.5. The van der Waals surface area contributed by atoms with Crippen LogP contribution in [0, 0.1) is 6.92 Å². The van der Waals surface area contributed by atoms with Crippen LogP contribution < -0.4 is 14.8 Å². The number of carbonyl (C=O) groups excluding carboxylic acids is 2. The molecule has 0 saturated heterocycles. The normalized spacial score (nSPS) is 13.1. The van der Waals surface area contributed by atoms with E-state index in [9.17, 15) is 9.59 Å². The third-order valence-electron chi connectivity index (χ3n) is 6.33. The van der Waals surface area contributed by atoms with Crippen molar-refractivity contribution in [3.8, 4) is 11.5 Å². The molecule has 0 spiro atoms. The number of fused-ring (bicyclic) bond motifs is 1. The van der Waals surface area contributed by atoms with Crippen LogP contribution in [0.2, 0.25) is 0 Å². The summed E-state index contributed by atoms with van der Waals surface area (Å²) >= 11 is 0. The van der Waals surface area contributed by atoms with Gasteiger partial charge in [-0.25, -0.2) is 0 Å². The molecule has 2 amide bonds. The molecule has 3 aromatic carbocycles. The highest BCUT2D eigenvalue weighted by molar-refractivity contribution is 5.88. The standard InChI is InChI=1S/C30H34N2O4/c1-3-31-30(34)26(19-23-7-5-4-6-8-23)32(21-25-11-9-22(2)10-12-25)29(33)16-14-24-13-15-27-28(20-24)36-18-17-35-27/h4-13,15,20,26H,3,14,16-19,21H2,1-2H3,(H,31,34)/t26-/m1/s1. The lowest BCUT2D eigenvalue weighted by molar-refractivity contribution is -0.141. The van der Waals surface area contributed by atoms with Crippen LogP contribution in [0.5, 0.6) is 11.5 Å². The molecule has 6 heteroatoms. The molecule has 0 fully saturated rings. The monoisotopic (exact) mass is 486 g/mol. The summed E-state index contributed by atoms with van der Waals surface area (Å²) in [5, 5.41) is 2.94. The maximum absolute atomic E-state index is 13.7. The largest absolute Gasteiger partial charge is 0.486 e. The summed E-state index contributed by atoms with van der Waals surface area (Å²) < 4.78 is 11.3. The Hall–Kier alpha value is -3.80. The van der Waals surface area contributed by atoms with Crippen molar-refractivity contribution < 1.29 is 19.1 Å². The number of nitrogens with one attached hydrogen (secondary N) is 1. The number of hydrogen-bond acceptors (Lipinski definition) is 4. The Morgan fingerprint density at radius 2 is 1.58 bits per heavy atom. The summed E-state index contributed by atoms with van der Waals surface area (Å²) in [7, 11) is 0. The molecule has 0 radical (unpaired) electrons. The summed E-state index contributed by atoms with van der Waals surface area (Å²) in [5.41, 5.74) is 4.17. The third kappa shape index (κ3) is 6.66. The zero-order chi connectivity index (χ0) is 25.3. The molecule has 188 valence electrons. The average molecular weight is 487 g/mol. The fraction of sp³-hybridized carbons (Fsp3) is 0.333. The van der Waals surface area contributed by atoms with Gasteiger partial charge in [-0.1, -0.05) is 66.2 Å². The average Bonchev–Trinajstić information content (AvgIpc) is 2.91. The SMILES string of the molecule is CCNC(=O)[C@@H](Cc1ccccc1)N(Cc1ccc(C)cc1)C(=O)CCc1ccc2c(c1)OCCO2. The van der Waals surface area contributed by atoms with Gasteiger partial charge >= 0.3 is 0 Å². The summed E-state index contributed by atoms with van der Waals surface area (Å²) in [4.78, 5) is 28.7. The van der Waals surface area contributed by atoms with Crippen molar-refractivity contribution >= 4 is 11.8 Å². The molecule has 36 heavy (non-hydrogen) atoms. The molecule has 1 aliphatic rings. The summed E-state index contributed by atoms with van der Waals surface area (Å²) in [6, 6.07) is 23.2. The summed E-state index contributed by atoms with van der Waals surface area (Å²) in [6.07, 6.45) is 1.29. The molecule has 6 nitrogen and oxygen atoms in total. The minimum atomic E-state index is -0.610. The summed E-state index contributed by atoms with van der Waals surface area (Å²) in [5.74, 6) is 1.25. The predicted octanol–water partition coefficient (Wildman–Crippen LogP) is 4.48. The second kappa shape index (κ2) is 12.2. The predicted molar refractivity (Wildman–Crippen MR) is 140 cm³/mol. The number of carbonyl (C=O) groups is 2. The van der Waals surface area contributed by atoms with Crippen molar-refractivity contribution in [1.29, 1.82) is 0 Å². The maximum Gasteiger partial charge on any atom is 0.243 e. The fourth-order valence-electron chi connectivity index (χ4n) is 4.37. The van der Waals surface area contributed by atoms with Crippen LogP contribution in [0.1, 0.15) is 35.6 Å². The van der Waals surface area contributed by atoms with Gasteiger partial charge in [0, 0.05) is 25.9 Å². The maximum atomic E-state index is 13.7. The van der Waals surface area contributed by atoms with Crippen molar-refractivity contribution in [3.05, 3.63) is 95.1 Å². The van der Waals surface area contributed by atoms with Gasteiger partial charge in [0.05, 0.1) is 0 Å². The molecular weight excluding hydrogens is 452 g/mol. The first-order valence-electron chi connectivity index (χ1n) is 12.6. The molecule has 1 heterocycles. The zero-order valence-electron chi connectivity index (χ0n) is 21.0. The number of benzene rings is 3. The highest BCUT2D eigenvalue weighted by Gasteiger charge is 2.30. The number of rotatable bonds is 10. The molecule has 1 aliphatic heterocycles. The zero-order valence-corrected chi connectivity index (χ0v) is 21.0. The van der Waals surface area contributed by atoms with Crippen LogP contribution in [-0.2, 0) is 29.0 Å². The van der Waals surface area contributed by atoms with Gasteiger partial charge in [-0.2, -0.15) is 0 Å². The van der Waals surface area contributed by atoms with E-state index < -0.39 is 6.04 Å². The molecule has 4 rings (SSSR count). The molecule has 1 N–H and O–H groups in total. The first-order valence-corrected chi connectivity index (χ1v) is 12.6. The van der Waals surface area contributed by atoms with E-state index in [-0.39, 0.29) is 18.2 Å². The van der Waals surface area contributed by atoms with Gasteiger partial charge in [0.15, 0.2) is 11.5 Å². The van der Waals surface area contributed by atoms with Crippen LogP contribution in [0.25, 0.3) is 0 Å². The van der Waals surface area contributed by atoms with Crippen LogP contribution >= 0.6 is 0 Å². The van der Waals surface area contributed by atoms with Crippen molar-refractivity contribution in [2.24, 2.45) is 0 Å². The van der Waals surface area contributed by atoms with Gasteiger partial charge in [-0.3, -0.25) is 9.59 Å². The van der Waals surface area contributed by atoms with Gasteiger partial charge in [0.1, 0.15) is 19.3 Å². The number of aryl methyl sites for hydroxylation is 2. The molecule has 1 atom stereocenters. The van der Waals surface area contributed by atoms with Crippen LogP contribution in [-0.4, -0.2) is 42.5 Å². The highest BCUT2D eigenvalue weighted by atomic mass is 16.6. The molecule has 0 unspecified atom stereocenters. The Morgan fingerprint density at radius 3 is 2.31 bits per heavy atom. The molecule has 0 saturated carbocycles. The van der Waals surface area contributed by atoms with Crippen molar-refractivity contribution in [3.63, 3.8) is 0 Å². The first kappa shape index (κ1) is 25.3. The molecule has 0 bridgehead atoms. The molecular formula is C30H34N2O4. The lowest BCUT2D eigenvalue weighted by Gasteiger charge is -2.31. The quantitative estimate of drug-likeness (QED) is 0.459. The van der Waals surface area contributed by atoms with Gasteiger partial charge in [-0.15, -0.1) is 0 Å². The number of ether oxygens (including phenoxy) is 2. The van der Waals surface area contributed by atoms with Gasteiger partial charge in [0.25, 0.3) is 0 Å². The smallest absolute Gasteiger partial charge is 0.243 e. The Kier molecular flexibility index (Phi) is 8.61. The number of likely N-dealkylation sites (N-methyl/N-ethyl adjacent to an activating group) is 1. The Morgan fingerprint density at radius 1 is 0.889 bits per heavy atom. The summed E-state index contributed by atoms with van der Waals surface area (Å²) in [6.45, 7) is 5.87. The van der Waals surface area contributed by atoms with E-state index in [1.807, 2.05) is 86.6 Å². The lowest BCUT2D eigenvalue weighted by Crippen LogP contribution is -2.50. The van der Waals surface area contributed by atoms with Crippen LogP contribution in [0.4, 0.5) is 0 Å². The second-order valence-corrected chi connectivity index (χ2v) is 9.09. The van der Waals surface area contributed by atoms with E-state index in [4.69, 9.17) is 9.47 Å². The minimum absolute atomic E-state index is 0.0577. The highest BCUT2D eigenvalue weighted by Crippen LogP contribution is 2.31. The molecule has 0 aromatic heterocycles. The van der Waals surface area contributed by atoms with Gasteiger partial charge < -0.3 is 19.7 Å². The van der Waals surface area contributed by atoms with Crippen LogP contribution in [0.15, 0.2) is 72.8 Å². The second-order valence-electron chi connectivity index (χ2n) is 9.09. The fourth-order valence-corrected chi connectivity index (χ4v) is 4.37. The van der Waals surface area contributed by atoms with E-state index in [2.05, 4.69) is 5.32 Å². The van der Waals surface area contributed by atoms with Crippen molar-refractivity contribution in [1.82, 2.24) is 10.2 Å². The number of nitrogens with zero attached hydrogens (tertiary/aromatic N) is 1. The Balaban J connectivity index is 1.57. The number of amides is 2. The van der Waals surface area contributed by atoms with E-state index in [1.165, 1.54) is 0 Å². The van der Waals surface area contributed by atoms with Crippen LogP contribution in [0.3, 0.4) is 0 Å². The Labute approximate surface area is 213 Å². The number of hydrogen-bond donors (Lipinski definition) is 1. The third-order valence-corrected chi connectivity index (χ3v) is 6.33. The molecule has 3 aromatic rings. The van der Waals surface area contributed by atoms with Gasteiger partial charge in [0.2, 0.25) is 11.8 Å². The van der Waals surface area contributed by atoms with E-state index in [1.54, 1.807) is 4.90 Å². The van der Waals surface area contributed by atoms with E-state index in [0.717, 1.165) is 28.0 Å². The van der Waals surface area contributed by atoms with Crippen molar-refractivity contribution in [2.75, 3.05) is 19.8 Å². The molecule has 0 aliphatic carbocycles. The van der Waals surface area contributed by atoms with E-state index in [0.29, 0.717) is 44.9 Å². The minimum Gasteiger partial charge on any atom is -0.486 e. The van der Waals surface area contributed by atoms with Gasteiger partial charge in [-0.05, 0) is 49.1 Å².